The van der Waals surface area contributed by atoms with Crippen LogP contribution in [-0.2, 0) is 4.74 Å². The molecular formula is C14H23ClIN3O2. The first kappa shape index (κ1) is 20.3. The molecule has 2 atom stereocenters. The van der Waals surface area contributed by atoms with Crippen LogP contribution in [0, 0.1) is 0 Å². The van der Waals surface area contributed by atoms with Crippen LogP contribution in [0.1, 0.15) is 13.8 Å². The van der Waals surface area contributed by atoms with E-state index in [4.69, 9.17) is 26.8 Å². The van der Waals surface area contributed by atoms with Crippen molar-refractivity contribution < 1.29 is 9.47 Å². The maximum atomic E-state index is 5.81. The highest BCUT2D eigenvalue weighted by Gasteiger charge is 2.05. The number of guanidine groups is 1. The van der Waals surface area contributed by atoms with Crippen molar-refractivity contribution in [1.82, 2.24) is 5.32 Å². The molecule has 0 fully saturated rings. The average molecular weight is 428 g/mol. The minimum atomic E-state index is -0.0748. The first-order chi connectivity index (χ1) is 9.51. The zero-order valence-corrected chi connectivity index (χ0v) is 15.6. The Hall–Kier alpha value is -0.730. The molecule has 1 aromatic rings. The van der Waals surface area contributed by atoms with E-state index in [1.165, 1.54) is 0 Å². The largest absolute Gasteiger partial charge is 0.489 e. The van der Waals surface area contributed by atoms with Crippen molar-refractivity contribution in [3.8, 4) is 5.75 Å². The number of hydrogen-bond donors (Lipinski definition) is 2. The summed E-state index contributed by atoms with van der Waals surface area (Å²) < 4.78 is 10.7. The number of nitrogens with two attached hydrogens (primary N) is 1. The Balaban J connectivity index is 0.00000400. The van der Waals surface area contributed by atoms with E-state index in [0.29, 0.717) is 24.1 Å². The van der Waals surface area contributed by atoms with Crippen LogP contribution in [0.4, 0.5) is 0 Å². The lowest BCUT2D eigenvalue weighted by Gasteiger charge is -2.15. The second-order valence-electron chi connectivity index (χ2n) is 4.61. The molecule has 0 saturated carbocycles. The Bertz CT molecular complexity index is 429. The van der Waals surface area contributed by atoms with Crippen LogP contribution >= 0.6 is 35.6 Å². The van der Waals surface area contributed by atoms with Crippen molar-refractivity contribution in [3.63, 3.8) is 0 Å². The number of aliphatic imine (C=N–C) groups is 1. The molecule has 3 N–H and O–H groups in total. The molecule has 1 aromatic carbocycles. The van der Waals surface area contributed by atoms with Gasteiger partial charge in [0.15, 0.2) is 5.96 Å². The number of nitrogens with one attached hydrogen (secondary N) is 1. The van der Waals surface area contributed by atoms with Crippen LogP contribution in [0.15, 0.2) is 29.3 Å². The summed E-state index contributed by atoms with van der Waals surface area (Å²) in [6, 6.07) is 7.34. The summed E-state index contributed by atoms with van der Waals surface area (Å²) >= 11 is 5.81. The molecule has 2 unspecified atom stereocenters. The highest BCUT2D eigenvalue weighted by atomic mass is 127. The number of benzene rings is 1. The van der Waals surface area contributed by atoms with Crippen LogP contribution in [0.2, 0.25) is 5.02 Å². The van der Waals surface area contributed by atoms with Gasteiger partial charge in [-0.05, 0) is 38.1 Å². The number of rotatable bonds is 7. The van der Waals surface area contributed by atoms with E-state index in [9.17, 15) is 0 Å². The standard InChI is InChI=1S/C14H22ClN3O2.HI/c1-10(9-19-3)18-14(16)17-8-11(2)20-13-6-4-12(15)5-7-13;/h4-7,10-11H,8-9H2,1-3H3,(H3,16,17,18);1H. The maximum absolute atomic E-state index is 5.81. The molecule has 5 nitrogen and oxygen atoms in total. The minimum Gasteiger partial charge on any atom is -0.489 e. The fourth-order valence-electron chi connectivity index (χ4n) is 1.60. The fourth-order valence-corrected chi connectivity index (χ4v) is 1.73. The Morgan fingerprint density at radius 3 is 2.52 bits per heavy atom. The lowest BCUT2D eigenvalue weighted by atomic mass is 10.3. The molecule has 0 bridgehead atoms. The van der Waals surface area contributed by atoms with E-state index in [1.807, 2.05) is 26.0 Å². The molecule has 0 aliphatic carbocycles. The van der Waals surface area contributed by atoms with Gasteiger partial charge in [-0.25, -0.2) is 4.99 Å². The zero-order valence-electron chi connectivity index (χ0n) is 12.5. The Kier molecular flexibility index (Phi) is 10.5. The lowest BCUT2D eigenvalue weighted by Crippen LogP contribution is -2.41. The van der Waals surface area contributed by atoms with Crippen molar-refractivity contribution >= 4 is 41.5 Å². The third-order valence-corrected chi connectivity index (χ3v) is 2.73. The zero-order chi connectivity index (χ0) is 15.0. The predicted octanol–water partition coefficient (Wildman–Crippen LogP) is 2.66. The molecule has 120 valence electrons. The molecule has 0 saturated heterocycles. The fraction of sp³-hybridized carbons (Fsp3) is 0.500. The Labute approximate surface area is 148 Å². The SMILES string of the molecule is COCC(C)NC(N)=NCC(C)Oc1ccc(Cl)cc1.I. The summed E-state index contributed by atoms with van der Waals surface area (Å²) in [5.41, 5.74) is 5.78. The summed E-state index contributed by atoms with van der Waals surface area (Å²) in [5.74, 6) is 1.15. The van der Waals surface area contributed by atoms with E-state index in [-0.39, 0.29) is 36.1 Å². The van der Waals surface area contributed by atoms with Gasteiger partial charge in [0, 0.05) is 18.2 Å². The molecule has 1 rings (SSSR count). The van der Waals surface area contributed by atoms with Gasteiger partial charge in [-0.1, -0.05) is 11.6 Å². The smallest absolute Gasteiger partial charge is 0.189 e. The number of ether oxygens (including phenoxy) is 2. The van der Waals surface area contributed by atoms with Crippen LogP contribution in [0.25, 0.3) is 0 Å². The Morgan fingerprint density at radius 2 is 1.95 bits per heavy atom. The summed E-state index contributed by atoms with van der Waals surface area (Å²) in [4.78, 5) is 4.24. The minimum absolute atomic E-state index is 0. The quantitative estimate of drug-likeness (QED) is 0.399. The number of nitrogens with zero attached hydrogens (tertiary/aromatic N) is 1. The topological polar surface area (TPSA) is 68.9 Å². The average Bonchev–Trinajstić information content (AvgIpc) is 2.39. The highest BCUT2D eigenvalue weighted by molar-refractivity contribution is 14.0. The third kappa shape index (κ3) is 9.00. The molecule has 0 spiro atoms. The molecule has 0 amide bonds. The van der Waals surface area contributed by atoms with Crippen LogP contribution in [-0.4, -0.2) is 38.4 Å². The van der Waals surface area contributed by atoms with Crippen LogP contribution in [0.5, 0.6) is 5.75 Å². The first-order valence-corrected chi connectivity index (χ1v) is 6.86. The van der Waals surface area contributed by atoms with Crippen molar-refractivity contribution in [1.29, 1.82) is 0 Å². The highest BCUT2D eigenvalue weighted by Crippen LogP contribution is 2.16. The molecule has 0 aromatic heterocycles. The predicted molar refractivity (Wildman–Crippen MR) is 97.9 cm³/mol. The third-order valence-electron chi connectivity index (χ3n) is 2.48. The normalized spacial score (nSPS) is 14.0. The van der Waals surface area contributed by atoms with Crippen molar-refractivity contribution in [2.75, 3.05) is 20.3 Å². The van der Waals surface area contributed by atoms with Gasteiger partial charge >= 0.3 is 0 Å². The molecular weight excluding hydrogens is 405 g/mol. The number of halogens is 2. The summed E-state index contributed by atoms with van der Waals surface area (Å²) in [6.45, 7) is 4.96. The van der Waals surface area contributed by atoms with Crippen LogP contribution in [0.3, 0.4) is 0 Å². The van der Waals surface area contributed by atoms with Gasteiger partial charge in [0.25, 0.3) is 0 Å². The summed E-state index contributed by atoms with van der Waals surface area (Å²) in [6.07, 6.45) is -0.0748. The first-order valence-electron chi connectivity index (χ1n) is 6.49. The number of hydrogen-bond acceptors (Lipinski definition) is 3. The molecule has 0 aliphatic rings. The second kappa shape index (κ2) is 10.9. The van der Waals surface area contributed by atoms with E-state index in [0.717, 1.165) is 5.75 Å². The molecule has 0 heterocycles. The van der Waals surface area contributed by atoms with Gasteiger partial charge < -0.3 is 20.5 Å². The molecule has 0 radical (unpaired) electrons. The van der Waals surface area contributed by atoms with E-state index < -0.39 is 0 Å². The van der Waals surface area contributed by atoms with Gasteiger partial charge in [0.1, 0.15) is 11.9 Å². The molecule has 21 heavy (non-hydrogen) atoms. The summed E-state index contributed by atoms with van der Waals surface area (Å²) in [5, 5.41) is 3.72. The van der Waals surface area contributed by atoms with E-state index in [1.54, 1.807) is 19.2 Å². The van der Waals surface area contributed by atoms with Crippen molar-refractivity contribution in [3.05, 3.63) is 29.3 Å². The summed E-state index contributed by atoms with van der Waals surface area (Å²) in [7, 11) is 1.65. The van der Waals surface area contributed by atoms with Crippen molar-refractivity contribution in [2.24, 2.45) is 10.7 Å². The van der Waals surface area contributed by atoms with E-state index >= 15 is 0 Å². The van der Waals surface area contributed by atoms with Crippen LogP contribution < -0.4 is 15.8 Å². The van der Waals surface area contributed by atoms with Gasteiger partial charge in [-0.15, -0.1) is 24.0 Å². The monoisotopic (exact) mass is 427 g/mol. The van der Waals surface area contributed by atoms with Gasteiger partial charge in [0.2, 0.25) is 0 Å². The number of methoxy groups -OCH3 is 1. The lowest BCUT2D eigenvalue weighted by molar-refractivity contribution is 0.179. The maximum Gasteiger partial charge on any atom is 0.189 e. The Morgan fingerprint density at radius 1 is 1.33 bits per heavy atom. The molecule has 7 heteroatoms. The van der Waals surface area contributed by atoms with Crippen molar-refractivity contribution in [2.45, 2.75) is 26.0 Å². The molecule has 0 aliphatic heterocycles. The van der Waals surface area contributed by atoms with E-state index in [2.05, 4.69) is 10.3 Å². The second-order valence-corrected chi connectivity index (χ2v) is 5.05. The van der Waals surface area contributed by atoms with Gasteiger partial charge in [-0.2, -0.15) is 0 Å². The van der Waals surface area contributed by atoms with Gasteiger partial charge in [0.05, 0.1) is 13.2 Å². The van der Waals surface area contributed by atoms with Gasteiger partial charge in [-0.3, -0.25) is 0 Å².